The molecular formula is C19H23FN2O4S. The summed E-state index contributed by atoms with van der Waals surface area (Å²) in [6, 6.07) is 12.7. The Morgan fingerprint density at radius 3 is 2.59 bits per heavy atom. The average molecular weight is 394 g/mol. The number of anilines is 2. The molecule has 0 atom stereocenters. The van der Waals surface area contributed by atoms with Gasteiger partial charge in [-0.1, -0.05) is 18.2 Å². The molecule has 146 valence electrons. The number of methoxy groups -OCH3 is 1. The molecule has 27 heavy (non-hydrogen) atoms. The highest BCUT2D eigenvalue weighted by Gasteiger charge is 2.18. The number of nitrogens with one attached hydrogen (secondary N) is 1. The van der Waals surface area contributed by atoms with Gasteiger partial charge < -0.3 is 10.1 Å². The molecule has 1 N–H and O–H groups in total. The Morgan fingerprint density at radius 2 is 1.93 bits per heavy atom. The summed E-state index contributed by atoms with van der Waals surface area (Å²) in [4.78, 5) is 12.1. The summed E-state index contributed by atoms with van der Waals surface area (Å²) in [5.74, 6) is -0.743. The molecule has 0 bridgehead atoms. The predicted molar refractivity (Wildman–Crippen MR) is 104 cm³/mol. The first-order valence-electron chi connectivity index (χ1n) is 8.40. The first-order valence-corrected chi connectivity index (χ1v) is 10.3. The van der Waals surface area contributed by atoms with Crippen LogP contribution in [0.1, 0.15) is 18.4 Å². The quantitative estimate of drug-likeness (QED) is 0.709. The second-order valence-corrected chi connectivity index (χ2v) is 8.01. The molecule has 0 aromatic heterocycles. The van der Waals surface area contributed by atoms with Crippen molar-refractivity contribution in [2.75, 3.05) is 29.5 Å². The summed E-state index contributed by atoms with van der Waals surface area (Å²) in [7, 11) is -1.99. The normalized spacial score (nSPS) is 11.2. The van der Waals surface area contributed by atoms with Gasteiger partial charge in [-0.15, -0.1) is 0 Å². The van der Waals surface area contributed by atoms with Crippen molar-refractivity contribution in [1.29, 1.82) is 0 Å². The first-order chi connectivity index (χ1) is 12.8. The third-order valence-electron chi connectivity index (χ3n) is 3.78. The van der Waals surface area contributed by atoms with Crippen molar-refractivity contribution in [1.82, 2.24) is 0 Å². The zero-order chi connectivity index (χ0) is 19.9. The van der Waals surface area contributed by atoms with Crippen molar-refractivity contribution in [2.45, 2.75) is 19.4 Å². The minimum Gasteiger partial charge on any atom is -0.380 e. The second kappa shape index (κ2) is 9.48. The van der Waals surface area contributed by atoms with E-state index >= 15 is 0 Å². The molecule has 1 amide bonds. The van der Waals surface area contributed by atoms with Crippen LogP contribution in [0.4, 0.5) is 15.8 Å². The average Bonchev–Trinajstić information content (AvgIpc) is 2.58. The lowest BCUT2D eigenvalue weighted by molar-refractivity contribution is -0.116. The fraction of sp³-hybridized carbons (Fsp3) is 0.316. The summed E-state index contributed by atoms with van der Waals surface area (Å²) < 4.78 is 43.6. The van der Waals surface area contributed by atoms with Crippen LogP contribution < -0.4 is 9.62 Å². The number of ether oxygens (including phenoxy) is 1. The summed E-state index contributed by atoms with van der Waals surface area (Å²) in [5.41, 5.74) is 1.83. The second-order valence-electron chi connectivity index (χ2n) is 6.10. The highest BCUT2D eigenvalue weighted by atomic mass is 32.2. The molecule has 2 aromatic carbocycles. The van der Waals surface area contributed by atoms with Crippen molar-refractivity contribution >= 4 is 27.3 Å². The highest BCUT2D eigenvalue weighted by molar-refractivity contribution is 7.92. The number of rotatable bonds is 9. The van der Waals surface area contributed by atoms with E-state index in [0.717, 1.165) is 22.2 Å². The first kappa shape index (κ1) is 20.9. The Labute approximate surface area is 159 Å². The van der Waals surface area contributed by atoms with Gasteiger partial charge in [0.05, 0.1) is 18.6 Å². The molecule has 8 heteroatoms. The zero-order valence-electron chi connectivity index (χ0n) is 15.3. The van der Waals surface area contributed by atoms with E-state index in [1.807, 2.05) is 18.2 Å². The van der Waals surface area contributed by atoms with Gasteiger partial charge in [0.2, 0.25) is 15.9 Å². The van der Waals surface area contributed by atoms with Crippen molar-refractivity contribution in [2.24, 2.45) is 0 Å². The Bertz CT molecular complexity index is 887. The van der Waals surface area contributed by atoms with E-state index in [-0.39, 0.29) is 24.6 Å². The molecular weight excluding hydrogens is 371 g/mol. The van der Waals surface area contributed by atoms with Crippen LogP contribution in [0, 0.1) is 5.82 Å². The molecule has 0 saturated carbocycles. The van der Waals surface area contributed by atoms with Gasteiger partial charge in [0.15, 0.2) is 0 Å². The number of amides is 1. The van der Waals surface area contributed by atoms with Crippen LogP contribution in [0.5, 0.6) is 0 Å². The number of halogens is 1. The molecule has 2 aromatic rings. The van der Waals surface area contributed by atoms with Gasteiger partial charge in [0, 0.05) is 25.8 Å². The number of sulfonamides is 1. The lowest BCUT2D eigenvalue weighted by Gasteiger charge is -2.22. The van der Waals surface area contributed by atoms with E-state index in [2.05, 4.69) is 5.32 Å². The van der Waals surface area contributed by atoms with E-state index in [0.29, 0.717) is 18.7 Å². The monoisotopic (exact) mass is 394 g/mol. The third kappa shape index (κ3) is 6.65. The smallest absolute Gasteiger partial charge is 0.232 e. The fourth-order valence-corrected chi connectivity index (χ4v) is 3.59. The van der Waals surface area contributed by atoms with Gasteiger partial charge in [-0.25, -0.2) is 12.8 Å². The number of hydrogen-bond acceptors (Lipinski definition) is 4. The fourth-order valence-electron chi connectivity index (χ4n) is 2.63. The standard InChI is InChI=1S/C19H23FN2O4S/c1-26-14-15-6-3-8-17(12-15)21-19(23)10-5-11-22(27(2,24)25)18-9-4-7-16(20)13-18/h3-4,6-9,12-13H,5,10-11,14H2,1-2H3,(H,21,23). The predicted octanol–water partition coefficient (Wildman–Crippen LogP) is 3.16. The van der Waals surface area contributed by atoms with Crippen molar-refractivity contribution in [3.05, 3.63) is 59.9 Å². The van der Waals surface area contributed by atoms with Crippen molar-refractivity contribution < 1.29 is 22.3 Å². The van der Waals surface area contributed by atoms with Crippen LogP contribution in [-0.2, 0) is 26.2 Å². The van der Waals surface area contributed by atoms with Crippen LogP contribution >= 0.6 is 0 Å². The van der Waals surface area contributed by atoms with E-state index < -0.39 is 15.8 Å². The van der Waals surface area contributed by atoms with Crippen molar-refractivity contribution in [3.8, 4) is 0 Å². The van der Waals surface area contributed by atoms with Crippen LogP contribution in [0.15, 0.2) is 48.5 Å². The number of carbonyl (C=O) groups excluding carboxylic acids is 1. The highest BCUT2D eigenvalue weighted by Crippen LogP contribution is 2.19. The molecule has 0 aliphatic rings. The topological polar surface area (TPSA) is 75.7 Å². The molecule has 0 unspecified atom stereocenters. The maximum Gasteiger partial charge on any atom is 0.232 e. The van der Waals surface area contributed by atoms with E-state index in [9.17, 15) is 17.6 Å². The summed E-state index contributed by atoms with van der Waals surface area (Å²) in [5, 5.41) is 2.78. The molecule has 0 saturated heterocycles. The maximum absolute atomic E-state index is 13.4. The minimum atomic E-state index is -3.58. The van der Waals surface area contributed by atoms with E-state index in [4.69, 9.17) is 4.74 Å². The third-order valence-corrected chi connectivity index (χ3v) is 4.98. The number of hydrogen-bond donors (Lipinski definition) is 1. The van der Waals surface area contributed by atoms with Crippen LogP contribution in [-0.4, -0.2) is 34.2 Å². The summed E-state index contributed by atoms with van der Waals surface area (Å²) in [6.07, 6.45) is 1.49. The van der Waals surface area contributed by atoms with Gasteiger partial charge in [0.1, 0.15) is 5.82 Å². The number of benzene rings is 2. The van der Waals surface area contributed by atoms with Gasteiger partial charge >= 0.3 is 0 Å². The van der Waals surface area contributed by atoms with Gasteiger partial charge in [-0.2, -0.15) is 0 Å². The lowest BCUT2D eigenvalue weighted by Crippen LogP contribution is -2.31. The maximum atomic E-state index is 13.4. The minimum absolute atomic E-state index is 0.0828. The van der Waals surface area contributed by atoms with Crippen LogP contribution in [0.25, 0.3) is 0 Å². The van der Waals surface area contributed by atoms with Gasteiger partial charge in [0.25, 0.3) is 0 Å². The van der Waals surface area contributed by atoms with Crippen LogP contribution in [0.2, 0.25) is 0 Å². The SMILES string of the molecule is COCc1cccc(NC(=O)CCCN(c2cccc(F)c2)S(C)(=O)=O)c1. The Hall–Kier alpha value is -2.45. The molecule has 0 spiro atoms. The molecule has 0 heterocycles. The van der Waals surface area contributed by atoms with Crippen LogP contribution in [0.3, 0.4) is 0 Å². The summed E-state index contributed by atoms with van der Waals surface area (Å²) >= 11 is 0. The van der Waals surface area contributed by atoms with Gasteiger partial charge in [-0.3, -0.25) is 9.10 Å². The molecule has 0 radical (unpaired) electrons. The molecule has 0 aliphatic carbocycles. The Balaban J connectivity index is 1.94. The number of carbonyl (C=O) groups is 1. The van der Waals surface area contributed by atoms with Crippen molar-refractivity contribution in [3.63, 3.8) is 0 Å². The number of nitrogens with zero attached hydrogens (tertiary/aromatic N) is 1. The molecule has 0 aliphatic heterocycles. The van der Waals surface area contributed by atoms with E-state index in [1.54, 1.807) is 13.2 Å². The Morgan fingerprint density at radius 1 is 1.19 bits per heavy atom. The molecule has 2 rings (SSSR count). The van der Waals surface area contributed by atoms with E-state index in [1.165, 1.54) is 18.2 Å². The zero-order valence-corrected chi connectivity index (χ0v) is 16.1. The molecule has 6 nitrogen and oxygen atoms in total. The van der Waals surface area contributed by atoms with Gasteiger partial charge in [-0.05, 0) is 42.3 Å². The summed E-state index contributed by atoms with van der Waals surface area (Å²) in [6.45, 7) is 0.528. The lowest BCUT2D eigenvalue weighted by atomic mass is 10.2. The largest absolute Gasteiger partial charge is 0.380 e. The molecule has 0 fully saturated rings. The Kier molecular flexibility index (Phi) is 7.32.